The highest BCUT2D eigenvalue weighted by Crippen LogP contribution is 2.33. The molecule has 0 aromatic carbocycles. The number of ether oxygens (including phenoxy) is 2. The summed E-state index contributed by atoms with van der Waals surface area (Å²) in [7, 11) is -1.89. The minimum absolute atomic E-state index is 0.0815. The van der Waals surface area contributed by atoms with E-state index in [1.165, 1.54) is 0 Å². The fourth-order valence-electron chi connectivity index (χ4n) is 3.29. The Morgan fingerprint density at radius 2 is 2.03 bits per heavy atom. The van der Waals surface area contributed by atoms with Crippen molar-refractivity contribution in [3.63, 3.8) is 0 Å². The molecule has 1 aliphatic heterocycles. The standard InChI is InChI=1S/C19H22N6O4S/c1-13-8-21-16(22-9-13)5-7-30(26,27)12-17-23-24-18-15-4-3-6-20-19(15)29-11-14(10-28-2)25(17)18/h3-4,6,8-9,14H,5,7,10-12H2,1-2H3/t14-/m0/s1. The van der Waals surface area contributed by atoms with Gasteiger partial charge < -0.3 is 14.0 Å². The Kier molecular flexibility index (Phi) is 5.73. The van der Waals surface area contributed by atoms with Crippen molar-refractivity contribution in [3.8, 4) is 17.3 Å². The molecule has 0 N–H and O–H groups in total. The van der Waals surface area contributed by atoms with Gasteiger partial charge in [0.1, 0.15) is 24.0 Å². The van der Waals surface area contributed by atoms with Crippen LogP contribution in [-0.4, -0.2) is 64.2 Å². The fraction of sp³-hybridized carbons (Fsp3) is 0.421. The molecular formula is C19H22N6O4S. The number of hydrogen-bond donors (Lipinski definition) is 0. The zero-order chi connectivity index (χ0) is 21.1. The van der Waals surface area contributed by atoms with Crippen molar-refractivity contribution in [1.29, 1.82) is 0 Å². The zero-order valence-electron chi connectivity index (χ0n) is 16.7. The first kappa shape index (κ1) is 20.4. The second-order valence-electron chi connectivity index (χ2n) is 7.10. The van der Waals surface area contributed by atoms with Gasteiger partial charge in [0.05, 0.1) is 24.0 Å². The molecule has 30 heavy (non-hydrogen) atoms. The lowest BCUT2D eigenvalue weighted by Gasteiger charge is -2.18. The van der Waals surface area contributed by atoms with E-state index >= 15 is 0 Å². The van der Waals surface area contributed by atoms with Gasteiger partial charge in [-0.2, -0.15) is 0 Å². The summed E-state index contributed by atoms with van der Waals surface area (Å²) in [5.41, 5.74) is 1.59. The Bertz CT molecular complexity index is 1130. The summed E-state index contributed by atoms with van der Waals surface area (Å²) in [4.78, 5) is 12.6. The molecule has 4 heterocycles. The van der Waals surface area contributed by atoms with E-state index in [1.807, 2.05) is 13.0 Å². The van der Waals surface area contributed by atoms with Gasteiger partial charge in [-0.3, -0.25) is 0 Å². The Morgan fingerprint density at radius 1 is 1.23 bits per heavy atom. The molecule has 0 unspecified atom stereocenters. The van der Waals surface area contributed by atoms with E-state index in [0.717, 1.165) is 5.56 Å². The molecule has 158 valence electrons. The first-order valence-corrected chi connectivity index (χ1v) is 11.3. The number of hydrogen-bond acceptors (Lipinski definition) is 9. The zero-order valence-corrected chi connectivity index (χ0v) is 17.5. The second kappa shape index (κ2) is 8.44. The third kappa shape index (κ3) is 4.31. The van der Waals surface area contributed by atoms with Gasteiger partial charge in [0.15, 0.2) is 15.7 Å². The van der Waals surface area contributed by atoms with Crippen LogP contribution in [0.4, 0.5) is 0 Å². The molecule has 3 aromatic heterocycles. The van der Waals surface area contributed by atoms with Crippen LogP contribution in [0.15, 0.2) is 30.7 Å². The Hall–Kier alpha value is -2.92. The second-order valence-corrected chi connectivity index (χ2v) is 9.29. The monoisotopic (exact) mass is 430 g/mol. The molecule has 0 saturated heterocycles. The topological polar surface area (TPSA) is 122 Å². The predicted molar refractivity (Wildman–Crippen MR) is 108 cm³/mol. The molecule has 0 fully saturated rings. The number of methoxy groups -OCH3 is 1. The Labute approximate surface area is 174 Å². The quantitative estimate of drug-likeness (QED) is 0.543. The van der Waals surface area contributed by atoms with Crippen LogP contribution >= 0.6 is 0 Å². The molecule has 0 spiro atoms. The summed E-state index contributed by atoms with van der Waals surface area (Å²) in [6, 6.07) is 3.32. The van der Waals surface area contributed by atoms with Crippen LogP contribution in [-0.2, 0) is 26.7 Å². The smallest absolute Gasteiger partial charge is 0.224 e. The van der Waals surface area contributed by atoms with E-state index in [1.54, 1.807) is 36.3 Å². The number of aryl methyl sites for hydroxylation is 2. The summed E-state index contributed by atoms with van der Waals surface area (Å²) in [6.45, 7) is 2.47. The van der Waals surface area contributed by atoms with Crippen LogP contribution in [0.5, 0.6) is 5.88 Å². The lowest BCUT2D eigenvalue weighted by Crippen LogP contribution is -2.24. The average molecular weight is 430 g/mol. The molecule has 0 aliphatic carbocycles. The van der Waals surface area contributed by atoms with Gasteiger partial charge in [-0.1, -0.05) is 0 Å². The van der Waals surface area contributed by atoms with Crippen molar-refractivity contribution in [2.75, 3.05) is 26.1 Å². The number of fused-ring (bicyclic) bond motifs is 3. The molecule has 1 aliphatic rings. The predicted octanol–water partition coefficient (Wildman–Crippen LogP) is 1.18. The third-order valence-electron chi connectivity index (χ3n) is 4.74. The SMILES string of the molecule is COC[C@H]1COc2ncccc2-c2nnc(CS(=O)(=O)CCc3ncc(C)cn3)n21. The number of pyridine rings is 1. The van der Waals surface area contributed by atoms with Gasteiger partial charge in [0, 0.05) is 32.1 Å². The first-order chi connectivity index (χ1) is 14.5. The van der Waals surface area contributed by atoms with Gasteiger partial charge >= 0.3 is 0 Å². The van der Waals surface area contributed by atoms with Crippen LogP contribution in [0, 0.1) is 6.92 Å². The van der Waals surface area contributed by atoms with E-state index < -0.39 is 9.84 Å². The van der Waals surface area contributed by atoms with Crippen molar-refractivity contribution in [2.45, 2.75) is 25.1 Å². The van der Waals surface area contributed by atoms with Gasteiger partial charge in [0.2, 0.25) is 5.88 Å². The lowest BCUT2D eigenvalue weighted by atomic mass is 10.2. The van der Waals surface area contributed by atoms with E-state index in [0.29, 0.717) is 35.5 Å². The molecule has 0 radical (unpaired) electrons. The minimum Gasteiger partial charge on any atom is -0.475 e. The molecule has 11 heteroatoms. The summed E-state index contributed by atoms with van der Waals surface area (Å²) in [5, 5.41) is 8.44. The molecule has 1 atom stereocenters. The van der Waals surface area contributed by atoms with Crippen molar-refractivity contribution < 1.29 is 17.9 Å². The summed E-state index contributed by atoms with van der Waals surface area (Å²) in [5.74, 6) is 1.47. The Morgan fingerprint density at radius 3 is 2.80 bits per heavy atom. The molecule has 0 saturated carbocycles. The van der Waals surface area contributed by atoms with Crippen molar-refractivity contribution in [3.05, 3.63) is 47.9 Å². The van der Waals surface area contributed by atoms with Crippen LogP contribution in [0.25, 0.3) is 11.4 Å². The largest absolute Gasteiger partial charge is 0.475 e. The molecule has 10 nitrogen and oxygen atoms in total. The van der Waals surface area contributed by atoms with Crippen LogP contribution < -0.4 is 4.74 Å². The number of rotatable bonds is 7. The summed E-state index contributed by atoms with van der Waals surface area (Å²) in [6.07, 6.45) is 5.22. The number of sulfone groups is 1. The maximum absolute atomic E-state index is 12.8. The molecule has 0 amide bonds. The van der Waals surface area contributed by atoms with E-state index in [4.69, 9.17) is 9.47 Å². The van der Waals surface area contributed by atoms with E-state index in [9.17, 15) is 8.42 Å². The average Bonchev–Trinajstić information content (AvgIpc) is 3.06. The van der Waals surface area contributed by atoms with E-state index in [2.05, 4.69) is 25.1 Å². The van der Waals surface area contributed by atoms with Crippen molar-refractivity contribution in [2.24, 2.45) is 0 Å². The third-order valence-corrected chi connectivity index (χ3v) is 6.26. The Balaban J connectivity index is 1.61. The van der Waals surface area contributed by atoms with Crippen LogP contribution in [0.1, 0.15) is 23.3 Å². The number of aromatic nitrogens is 6. The van der Waals surface area contributed by atoms with E-state index in [-0.39, 0.29) is 30.6 Å². The van der Waals surface area contributed by atoms with Crippen LogP contribution in [0.3, 0.4) is 0 Å². The highest BCUT2D eigenvalue weighted by atomic mass is 32.2. The fourth-order valence-corrected chi connectivity index (χ4v) is 4.52. The van der Waals surface area contributed by atoms with Crippen molar-refractivity contribution >= 4 is 9.84 Å². The molecular weight excluding hydrogens is 408 g/mol. The van der Waals surface area contributed by atoms with Crippen molar-refractivity contribution in [1.82, 2.24) is 29.7 Å². The van der Waals surface area contributed by atoms with Gasteiger partial charge in [-0.15, -0.1) is 10.2 Å². The summed E-state index contributed by atoms with van der Waals surface area (Å²) >= 11 is 0. The lowest BCUT2D eigenvalue weighted by molar-refractivity contribution is 0.123. The normalized spacial score (nSPS) is 15.7. The van der Waals surface area contributed by atoms with Gasteiger partial charge in [-0.25, -0.2) is 23.4 Å². The van der Waals surface area contributed by atoms with Crippen LogP contribution in [0.2, 0.25) is 0 Å². The number of nitrogens with zero attached hydrogens (tertiary/aromatic N) is 6. The first-order valence-electron chi connectivity index (χ1n) is 9.45. The van der Waals surface area contributed by atoms with Gasteiger partial charge in [-0.05, 0) is 24.6 Å². The highest BCUT2D eigenvalue weighted by molar-refractivity contribution is 7.90. The minimum atomic E-state index is -3.47. The molecule has 0 bridgehead atoms. The highest BCUT2D eigenvalue weighted by Gasteiger charge is 2.30. The maximum Gasteiger partial charge on any atom is 0.224 e. The molecule has 4 rings (SSSR count). The van der Waals surface area contributed by atoms with Gasteiger partial charge in [0.25, 0.3) is 0 Å². The molecule has 3 aromatic rings. The maximum atomic E-state index is 12.8. The summed E-state index contributed by atoms with van der Waals surface area (Å²) < 4.78 is 38.5.